The van der Waals surface area contributed by atoms with Crippen LogP contribution in [-0.4, -0.2) is 23.3 Å². The lowest BCUT2D eigenvalue weighted by atomic mass is 10.1. The molecule has 0 saturated carbocycles. The van der Waals surface area contributed by atoms with E-state index in [9.17, 15) is 9.90 Å². The fourth-order valence-electron chi connectivity index (χ4n) is 1.90. The molecule has 0 spiro atoms. The number of aryl methyl sites for hydroxylation is 1. The van der Waals surface area contributed by atoms with Crippen LogP contribution in [0.1, 0.15) is 11.1 Å². The number of pyridine rings is 1. The second kappa shape index (κ2) is 6.45. The Bertz CT molecular complexity index is 661. The molecule has 1 amide bonds. The van der Waals surface area contributed by atoms with Gasteiger partial charge in [0.25, 0.3) is 0 Å². The third-order valence-corrected chi connectivity index (χ3v) is 3.41. The number of rotatable bonds is 4. The predicted octanol–water partition coefficient (Wildman–Crippen LogP) is 3.74. The van der Waals surface area contributed by atoms with Gasteiger partial charge in [0.15, 0.2) is 0 Å². The van der Waals surface area contributed by atoms with Crippen molar-refractivity contribution in [2.75, 3.05) is 12.0 Å². The summed E-state index contributed by atoms with van der Waals surface area (Å²) >= 11 is 5.98. The maximum atomic E-state index is 11.5. The Balaban J connectivity index is 2.30. The van der Waals surface area contributed by atoms with Crippen molar-refractivity contribution in [2.24, 2.45) is 0 Å². The van der Waals surface area contributed by atoms with Crippen molar-refractivity contribution in [3.63, 3.8) is 0 Å². The van der Waals surface area contributed by atoms with Gasteiger partial charge >= 0.3 is 6.09 Å². The molecule has 1 aromatic carbocycles. The van der Waals surface area contributed by atoms with Crippen molar-refractivity contribution < 1.29 is 14.6 Å². The maximum Gasteiger partial charge on any atom is 0.413 e. The number of carbonyl (C=O) groups is 1. The summed E-state index contributed by atoms with van der Waals surface area (Å²) < 4.78 is 5.02. The van der Waals surface area contributed by atoms with Gasteiger partial charge in [0.1, 0.15) is 5.82 Å². The minimum absolute atomic E-state index is 0.188. The first-order valence-corrected chi connectivity index (χ1v) is 6.65. The van der Waals surface area contributed by atoms with Gasteiger partial charge in [0.2, 0.25) is 5.88 Å². The van der Waals surface area contributed by atoms with E-state index in [0.717, 1.165) is 16.0 Å². The molecule has 0 unspecified atom stereocenters. The van der Waals surface area contributed by atoms with Crippen molar-refractivity contribution in [1.82, 2.24) is 4.98 Å². The third-order valence-electron chi connectivity index (χ3n) is 2.99. The van der Waals surface area contributed by atoms with E-state index in [1.165, 1.54) is 7.11 Å². The molecule has 0 aliphatic carbocycles. The Morgan fingerprint density at radius 3 is 2.76 bits per heavy atom. The molecule has 21 heavy (non-hydrogen) atoms. The Kier molecular flexibility index (Phi) is 4.65. The minimum atomic E-state index is -1.08. The number of amides is 1. The van der Waals surface area contributed by atoms with Crippen molar-refractivity contribution in [2.45, 2.75) is 13.5 Å². The summed E-state index contributed by atoms with van der Waals surface area (Å²) in [5, 5.41) is 10.0. The summed E-state index contributed by atoms with van der Waals surface area (Å²) in [5.41, 5.74) is 1.74. The smallest absolute Gasteiger partial charge is 0.413 e. The van der Waals surface area contributed by atoms with Gasteiger partial charge in [-0.25, -0.2) is 4.79 Å². The van der Waals surface area contributed by atoms with Crippen molar-refractivity contribution in [3.8, 4) is 5.88 Å². The van der Waals surface area contributed by atoms with Crippen LogP contribution in [0.5, 0.6) is 5.88 Å². The average Bonchev–Trinajstić information content (AvgIpc) is 2.48. The number of ether oxygens (including phenoxy) is 1. The fraction of sp³-hybridized carbons (Fsp3) is 0.200. The molecule has 0 saturated heterocycles. The Hall–Kier alpha value is -2.27. The van der Waals surface area contributed by atoms with E-state index in [2.05, 4.69) is 4.98 Å². The molecule has 0 aliphatic rings. The second-order valence-corrected chi connectivity index (χ2v) is 4.90. The topological polar surface area (TPSA) is 62.7 Å². The number of benzene rings is 1. The Labute approximate surface area is 127 Å². The van der Waals surface area contributed by atoms with Crippen LogP contribution < -0.4 is 9.64 Å². The first-order valence-electron chi connectivity index (χ1n) is 6.28. The minimum Gasteiger partial charge on any atom is -0.481 e. The number of anilines is 1. The van der Waals surface area contributed by atoms with Crippen LogP contribution in [0.25, 0.3) is 0 Å². The van der Waals surface area contributed by atoms with E-state index in [4.69, 9.17) is 16.3 Å². The molecule has 6 heteroatoms. The summed E-state index contributed by atoms with van der Waals surface area (Å²) in [4.78, 5) is 16.8. The van der Waals surface area contributed by atoms with Gasteiger partial charge in [-0.05, 0) is 30.2 Å². The largest absolute Gasteiger partial charge is 0.481 e. The zero-order chi connectivity index (χ0) is 15.4. The highest BCUT2D eigenvalue weighted by atomic mass is 35.5. The number of aromatic nitrogens is 1. The van der Waals surface area contributed by atoms with Crippen molar-refractivity contribution >= 4 is 23.5 Å². The quantitative estimate of drug-likeness (QED) is 0.934. The molecule has 0 bridgehead atoms. The van der Waals surface area contributed by atoms with Crippen LogP contribution in [0, 0.1) is 6.92 Å². The van der Waals surface area contributed by atoms with E-state index in [1.807, 2.05) is 13.0 Å². The fourth-order valence-corrected chi connectivity index (χ4v) is 2.02. The predicted molar refractivity (Wildman–Crippen MR) is 81.2 cm³/mol. The lowest BCUT2D eigenvalue weighted by molar-refractivity contribution is 0.201. The average molecular weight is 307 g/mol. The van der Waals surface area contributed by atoms with Crippen LogP contribution in [0.3, 0.4) is 0 Å². The van der Waals surface area contributed by atoms with Gasteiger partial charge in [-0.2, -0.15) is 4.98 Å². The molecule has 2 rings (SSSR count). The third kappa shape index (κ3) is 3.64. The summed E-state index contributed by atoms with van der Waals surface area (Å²) in [6, 6.07) is 10.4. The molecule has 0 radical (unpaired) electrons. The number of carboxylic acid groups (broad SMARTS) is 1. The molecule has 0 atom stereocenters. The molecule has 0 aliphatic heterocycles. The maximum absolute atomic E-state index is 11.5. The molecule has 1 aromatic heterocycles. The van der Waals surface area contributed by atoms with Gasteiger partial charge in [0, 0.05) is 11.1 Å². The van der Waals surface area contributed by atoms with Crippen LogP contribution in [-0.2, 0) is 6.54 Å². The first-order chi connectivity index (χ1) is 10.0. The summed E-state index contributed by atoms with van der Waals surface area (Å²) in [5.74, 6) is 0.681. The number of methoxy groups -OCH3 is 1. The molecule has 1 heterocycles. The summed E-state index contributed by atoms with van der Waals surface area (Å²) in [6.07, 6.45) is -1.08. The van der Waals surface area contributed by atoms with Gasteiger partial charge in [-0.1, -0.05) is 29.8 Å². The lowest BCUT2D eigenvalue weighted by Gasteiger charge is -2.19. The van der Waals surface area contributed by atoms with Crippen molar-refractivity contribution in [1.29, 1.82) is 0 Å². The highest BCUT2D eigenvalue weighted by molar-refractivity contribution is 6.31. The van der Waals surface area contributed by atoms with Crippen LogP contribution in [0.4, 0.5) is 10.6 Å². The number of nitrogens with zero attached hydrogens (tertiary/aromatic N) is 2. The lowest BCUT2D eigenvalue weighted by Crippen LogP contribution is -2.29. The van der Waals surface area contributed by atoms with Gasteiger partial charge in [0.05, 0.1) is 13.7 Å². The highest BCUT2D eigenvalue weighted by Crippen LogP contribution is 2.21. The van der Waals surface area contributed by atoms with E-state index >= 15 is 0 Å². The SMILES string of the molecule is COc1cccc(N(Cc2ccc(Cl)c(C)c2)C(=O)O)n1. The Morgan fingerprint density at radius 2 is 2.14 bits per heavy atom. The number of hydrogen-bond acceptors (Lipinski definition) is 3. The molecule has 5 nitrogen and oxygen atoms in total. The molecule has 0 fully saturated rings. The van der Waals surface area contributed by atoms with E-state index in [0.29, 0.717) is 16.7 Å². The van der Waals surface area contributed by atoms with Gasteiger partial charge in [-0.3, -0.25) is 4.90 Å². The molecular weight excluding hydrogens is 292 g/mol. The van der Waals surface area contributed by atoms with E-state index < -0.39 is 6.09 Å². The molecular formula is C15H15ClN2O3. The van der Waals surface area contributed by atoms with E-state index in [1.54, 1.807) is 30.3 Å². The van der Waals surface area contributed by atoms with E-state index in [-0.39, 0.29) is 6.54 Å². The Morgan fingerprint density at radius 1 is 1.38 bits per heavy atom. The number of halogens is 1. The normalized spacial score (nSPS) is 10.2. The van der Waals surface area contributed by atoms with Crippen molar-refractivity contribution in [3.05, 3.63) is 52.5 Å². The summed E-state index contributed by atoms with van der Waals surface area (Å²) in [7, 11) is 1.49. The summed E-state index contributed by atoms with van der Waals surface area (Å²) in [6.45, 7) is 2.06. The van der Waals surface area contributed by atoms with Crippen LogP contribution in [0.15, 0.2) is 36.4 Å². The first kappa shape index (κ1) is 15.1. The standard InChI is InChI=1S/C15H15ClN2O3/c1-10-8-11(6-7-12(10)16)9-18(15(19)20)13-4-3-5-14(17-13)21-2/h3-8H,9H2,1-2H3,(H,19,20). The van der Waals surface area contributed by atoms with Crippen LogP contribution in [0.2, 0.25) is 5.02 Å². The molecule has 110 valence electrons. The monoisotopic (exact) mass is 306 g/mol. The molecule has 2 aromatic rings. The van der Waals surface area contributed by atoms with Gasteiger partial charge in [-0.15, -0.1) is 0 Å². The zero-order valence-electron chi connectivity index (χ0n) is 11.7. The number of hydrogen-bond donors (Lipinski definition) is 1. The second-order valence-electron chi connectivity index (χ2n) is 4.49. The van der Waals surface area contributed by atoms with Gasteiger partial charge < -0.3 is 9.84 Å². The highest BCUT2D eigenvalue weighted by Gasteiger charge is 2.17. The van der Waals surface area contributed by atoms with Crippen LogP contribution >= 0.6 is 11.6 Å². The zero-order valence-corrected chi connectivity index (χ0v) is 12.5. The molecule has 1 N–H and O–H groups in total.